The minimum atomic E-state index is -0.909. The van der Waals surface area contributed by atoms with Gasteiger partial charge in [-0.2, -0.15) is 0 Å². The van der Waals surface area contributed by atoms with Crippen LogP contribution >= 0.6 is 0 Å². The van der Waals surface area contributed by atoms with Gasteiger partial charge in [0.05, 0.1) is 5.60 Å². The molecule has 4 saturated carbocycles. The largest absolute Gasteiger partial charge is 0.504 e. The Morgan fingerprint density at radius 3 is 2.59 bits per heavy atom. The molecule has 8 rings (SSSR count). The van der Waals surface area contributed by atoms with Crippen molar-refractivity contribution >= 4 is 0 Å². The smallest absolute Gasteiger partial charge is 0.165 e. The molecule has 186 valence electrons. The molecule has 1 aromatic carbocycles. The van der Waals surface area contributed by atoms with E-state index in [1.54, 1.807) is 0 Å². The Hall–Kier alpha value is -1.30. The van der Waals surface area contributed by atoms with E-state index in [1.165, 1.54) is 30.5 Å². The standard InChI is InChI=1S/C29H41NO4/c1-25(2,3)26(4,32)20-15-27-10-11-29(20,33-5)24-28(27)12-13-30(16-17-6-7-17)21(27)14-18-8-9-19(31)23(34-24)22(18)28/h8-9,17,20-21,24,31-32H,6-7,10-16H2,1-5H3/t20-,21?,24?,26+,27-,28+,29-/m1/s1. The highest BCUT2D eigenvalue weighted by atomic mass is 16.6. The van der Waals surface area contributed by atoms with Gasteiger partial charge in [-0.25, -0.2) is 0 Å². The van der Waals surface area contributed by atoms with Crippen LogP contribution in [0.1, 0.15) is 77.3 Å². The predicted molar refractivity (Wildman–Crippen MR) is 130 cm³/mol. The van der Waals surface area contributed by atoms with E-state index < -0.39 is 11.2 Å². The normalized spacial score (nSPS) is 43.9. The fourth-order valence-electron chi connectivity index (χ4n) is 9.58. The zero-order chi connectivity index (χ0) is 23.9. The summed E-state index contributed by atoms with van der Waals surface area (Å²) in [5.41, 5.74) is 0.783. The number of benzene rings is 1. The van der Waals surface area contributed by atoms with Gasteiger partial charge in [0.15, 0.2) is 11.5 Å². The molecule has 2 N–H and O–H groups in total. The van der Waals surface area contributed by atoms with E-state index in [2.05, 4.69) is 31.7 Å². The fraction of sp³-hybridized carbons (Fsp3) is 0.793. The summed E-state index contributed by atoms with van der Waals surface area (Å²) < 4.78 is 13.5. The van der Waals surface area contributed by atoms with E-state index in [0.717, 1.165) is 44.6 Å². The number of fused-ring (bicyclic) bond motifs is 2. The van der Waals surface area contributed by atoms with Crippen LogP contribution in [-0.4, -0.2) is 58.7 Å². The number of hydrogen-bond acceptors (Lipinski definition) is 5. The van der Waals surface area contributed by atoms with Crippen LogP contribution in [0.2, 0.25) is 0 Å². The van der Waals surface area contributed by atoms with Crippen molar-refractivity contribution in [3.63, 3.8) is 0 Å². The summed E-state index contributed by atoms with van der Waals surface area (Å²) >= 11 is 0. The molecule has 7 aliphatic rings. The van der Waals surface area contributed by atoms with Gasteiger partial charge in [-0.15, -0.1) is 0 Å². The lowest BCUT2D eigenvalue weighted by atomic mass is 9.33. The van der Waals surface area contributed by atoms with Crippen molar-refractivity contribution in [1.29, 1.82) is 0 Å². The molecule has 0 aromatic heterocycles. The van der Waals surface area contributed by atoms with E-state index in [-0.39, 0.29) is 34.0 Å². The van der Waals surface area contributed by atoms with E-state index in [9.17, 15) is 10.2 Å². The molecule has 4 bridgehead atoms. The Labute approximate surface area is 203 Å². The third-order valence-electron chi connectivity index (χ3n) is 11.9. The Morgan fingerprint density at radius 1 is 1.15 bits per heavy atom. The Balaban J connectivity index is 1.47. The van der Waals surface area contributed by atoms with Crippen LogP contribution < -0.4 is 4.74 Å². The average molecular weight is 468 g/mol. The first-order chi connectivity index (χ1) is 16.0. The molecule has 0 amide bonds. The number of phenols is 1. The van der Waals surface area contributed by atoms with Crippen LogP contribution in [0.25, 0.3) is 0 Å². The molecule has 2 spiro atoms. The SMILES string of the molecule is CO[C@]12CC[C@@]3(C[C@@H]1[C@](C)(O)C(C)(C)C)C1Cc4ccc(O)c5c4[C@@]3(CCN1CC1CC1)C2O5. The number of aliphatic hydroxyl groups is 1. The van der Waals surface area contributed by atoms with Crippen molar-refractivity contribution in [3.8, 4) is 11.5 Å². The zero-order valence-corrected chi connectivity index (χ0v) is 21.5. The van der Waals surface area contributed by atoms with Crippen molar-refractivity contribution in [2.45, 2.75) is 101 Å². The molecule has 34 heavy (non-hydrogen) atoms. The highest BCUT2D eigenvalue weighted by Crippen LogP contribution is 2.78. The summed E-state index contributed by atoms with van der Waals surface area (Å²) in [7, 11) is 1.83. The molecule has 5 fully saturated rings. The number of likely N-dealkylation sites (tertiary alicyclic amines) is 1. The van der Waals surface area contributed by atoms with Gasteiger partial charge in [0.1, 0.15) is 11.7 Å². The van der Waals surface area contributed by atoms with Gasteiger partial charge in [-0.05, 0) is 81.4 Å². The number of methoxy groups -OCH3 is 1. The molecule has 1 saturated heterocycles. The van der Waals surface area contributed by atoms with Crippen LogP contribution in [0.4, 0.5) is 0 Å². The third-order valence-corrected chi connectivity index (χ3v) is 11.9. The molecule has 2 unspecified atom stereocenters. The average Bonchev–Trinajstić information content (AvgIpc) is 3.53. The van der Waals surface area contributed by atoms with Gasteiger partial charge in [-0.1, -0.05) is 26.8 Å². The van der Waals surface area contributed by atoms with Crippen molar-refractivity contribution in [1.82, 2.24) is 4.90 Å². The lowest BCUT2D eigenvalue weighted by molar-refractivity contribution is -0.312. The second-order valence-corrected chi connectivity index (χ2v) is 13.8. The summed E-state index contributed by atoms with van der Waals surface area (Å²) in [6, 6.07) is 4.46. The maximum atomic E-state index is 12.2. The summed E-state index contributed by atoms with van der Waals surface area (Å²) in [6.07, 6.45) is 7.64. The van der Waals surface area contributed by atoms with Gasteiger partial charge in [0.2, 0.25) is 0 Å². The molecule has 5 heteroatoms. The van der Waals surface area contributed by atoms with Crippen molar-refractivity contribution in [2.75, 3.05) is 20.2 Å². The molecule has 5 nitrogen and oxygen atoms in total. The number of piperidine rings is 1. The van der Waals surface area contributed by atoms with Gasteiger partial charge in [-0.3, -0.25) is 4.90 Å². The summed E-state index contributed by atoms with van der Waals surface area (Å²) in [6.45, 7) is 10.8. The lowest BCUT2D eigenvalue weighted by Crippen LogP contribution is -2.83. The van der Waals surface area contributed by atoms with Crippen molar-refractivity contribution < 1.29 is 19.7 Å². The Morgan fingerprint density at radius 2 is 1.91 bits per heavy atom. The first-order valence-corrected chi connectivity index (χ1v) is 13.6. The van der Waals surface area contributed by atoms with E-state index in [1.807, 2.05) is 20.1 Å². The number of phenolic OH excluding ortho intramolecular Hbond substituents is 1. The molecule has 0 radical (unpaired) electrons. The quantitative estimate of drug-likeness (QED) is 0.687. The summed E-state index contributed by atoms with van der Waals surface area (Å²) in [5.74, 6) is 1.80. The van der Waals surface area contributed by atoms with Gasteiger partial charge in [0, 0.05) is 42.0 Å². The number of aromatic hydroxyl groups is 1. The highest BCUT2D eigenvalue weighted by Gasteiger charge is 2.82. The minimum absolute atomic E-state index is 0.0294. The molecule has 2 heterocycles. The molecule has 1 aromatic rings. The first-order valence-electron chi connectivity index (χ1n) is 13.6. The first kappa shape index (κ1) is 21.9. The van der Waals surface area contributed by atoms with E-state index in [4.69, 9.17) is 9.47 Å². The van der Waals surface area contributed by atoms with Crippen LogP contribution in [0.15, 0.2) is 12.1 Å². The lowest BCUT2D eigenvalue weighted by Gasteiger charge is -2.75. The monoisotopic (exact) mass is 467 g/mol. The number of nitrogens with zero attached hydrogens (tertiary/aromatic N) is 1. The number of rotatable bonds is 4. The van der Waals surface area contributed by atoms with Crippen LogP contribution in [0, 0.1) is 22.7 Å². The van der Waals surface area contributed by atoms with E-state index in [0.29, 0.717) is 11.8 Å². The molecule has 5 aliphatic carbocycles. The maximum absolute atomic E-state index is 12.2. The van der Waals surface area contributed by atoms with Crippen LogP contribution in [0.5, 0.6) is 11.5 Å². The predicted octanol–water partition coefficient (Wildman–Crippen LogP) is 4.41. The number of hydrogen-bond donors (Lipinski definition) is 2. The molecular weight excluding hydrogens is 426 g/mol. The van der Waals surface area contributed by atoms with Gasteiger partial charge >= 0.3 is 0 Å². The summed E-state index contributed by atoms with van der Waals surface area (Å²) in [4.78, 5) is 2.82. The zero-order valence-electron chi connectivity index (χ0n) is 21.5. The van der Waals surface area contributed by atoms with Crippen LogP contribution in [-0.2, 0) is 16.6 Å². The minimum Gasteiger partial charge on any atom is -0.504 e. The maximum Gasteiger partial charge on any atom is 0.165 e. The fourth-order valence-corrected chi connectivity index (χ4v) is 9.58. The molecule has 2 aliphatic heterocycles. The van der Waals surface area contributed by atoms with E-state index >= 15 is 0 Å². The Kier molecular flexibility index (Phi) is 4.08. The van der Waals surface area contributed by atoms with Gasteiger partial charge < -0.3 is 19.7 Å². The summed E-state index contributed by atoms with van der Waals surface area (Å²) in [5, 5.41) is 23.2. The second kappa shape index (κ2) is 6.33. The van der Waals surface area contributed by atoms with Crippen molar-refractivity contribution in [3.05, 3.63) is 23.3 Å². The number of ether oxygens (including phenoxy) is 2. The molecular formula is C29H41NO4. The van der Waals surface area contributed by atoms with Crippen LogP contribution in [0.3, 0.4) is 0 Å². The highest BCUT2D eigenvalue weighted by molar-refractivity contribution is 5.63. The van der Waals surface area contributed by atoms with Gasteiger partial charge in [0.25, 0.3) is 0 Å². The topological polar surface area (TPSA) is 62.2 Å². The van der Waals surface area contributed by atoms with Crippen molar-refractivity contribution in [2.24, 2.45) is 22.7 Å². The third kappa shape index (κ3) is 2.25. The Bertz CT molecular complexity index is 1060. The molecule has 7 atom stereocenters. The second-order valence-electron chi connectivity index (χ2n) is 13.8.